The van der Waals surface area contributed by atoms with Crippen LogP contribution in [0, 0.1) is 5.82 Å². The summed E-state index contributed by atoms with van der Waals surface area (Å²) in [5.74, 6) is -1.05. The zero-order chi connectivity index (χ0) is 13.8. The number of amides is 1. The Kier molecular flexibility index (Phi) is 3.61. The third-order valence-corrected chi connectivity index (χ3v) is 2.51. The summed E-state index contributed by atoms with van der Waals surface area (Å²) < 4.78 is 18.6. The predicted molar refractivity (Wildman–Crippen MR) is 69.6 cm³/mol. The van der Waals surface area contributed by atoms with Gasteiger partial charge in [-0.3, -0.25) is 4.79 Å². The molecule has 1 heterocycles. The number of nitrogens with two attached hydrogens (primary N) is 1. The van der Waals surface area contributed by atoms with Crippen molar-refractivity contribution in [1.29, 1.82) is 0 Å². The molecular formula is C13H12FN3O2. The van der Waals surface area contributed by atoms with Crippen LogP contribution in [0.2, 0.25) is 0 Å². The molecule has 0 saturated heterocycles. The van der Waals surface area contributed by atoms with Crippen LogP contribution in [-0.4, -0.2) is 18.0 Å². The first kappa shape index (κ1) is 12.8. The van der Waals surface area contributed by atoms with Gasteiger partial charge in [-0.1, -0.05) is 0 Å². The molecule has 2 aromatic rings. The van der Waals surface area contributed by atoms with Crippen LogP contribution in [-0.2, 0) is 0 Å². The van der Waals surface area contributed by atoms with Gasteiger partial charge >= 0.3 is 0 Å². The van der Waals surface area contributed by atoms with E-state index < -0.39 is 11.7 Å². The zero-order valence-corrected chi connectivity index (χ0v) is 10.2. The summed E-state index contributed by atoms with van der Waals surface area (Å²) in [5, 5.41) is 2.56. The van der Waals surface area contributed by atoms with Crippen LogP contribution >= 0.6 is 0 Å². The van der Waals surface area contributed by atoms with Gasteiger partial charge in [0.1, 0.15) is 5.75 Å². The van der Waals surface area contributed by atoms with Crippen molar-refractivity contribution in [3.63, 3.8) is 0 Å². The normalized spacial score (nSPS) is 10.0. The Hall–Kier alpha value is -2.63. The standard InChI is InChI=1S/C13H12FN3O2/c1-19-9-4-2-8(3-5-9)17-13(18)10-6-7-16-12(15)11(10)14/h2-7H,1H3,(H2,15,16)(H,17,18). The molecule has 5 nitrogen and oxygen atoms in total. The highest BCUT2D eigenvalue weighted by Crippen LogP contribution is 2.17. The van der Waals surface area contributed by atoms with Crippen molar-refractivity contribution in [2.75, 3.05) is 18.2 Å². The molecule has 0 radical (unpaired) electrons. The van der Waals surface area contributed by atoms with Crippen molar-refractivity contribution in [1.82, 2.24) is 4.98 Å². The monoisotopic (exact) mass is 261 g/mol. The number of methoxy groups -OCH3 is 1. The summed E-state index contributed by atoms with van der Waals surface area (Å²) >= 11 is 0. The van der Waals surface area contributed by atoms with Crippen molar-refractivity contribution >= 4 is 17.4 Å². The van der Waals surface area contributed by atoms with E-state index in [0.29, 0.717) is 11.4 Å². The van der Waals surface area contributed by atoms with Crippen molar-refractivity contribution in [2.45, 2.75) is 0 Å². The molecule has 0 aliphatic carbocycles. The number of pyridine rings is 1. The van der Waals surface area contributed by atoms with E-state index in [1.807, 2.05) is 0 Å². The number of aromatic nitrogens is 1. The average molecular weight is 261 g/mol. The minimum atomic E-state index is -0.825. The second-order valence-corrected chi connectivity index (χ2v) is 3.74. The second kappa shape index (κ2) is 5.34. The molecule has 1 amide bonds. The van der Waals surface area contributed by atoms with Crippen molar-refractivity contribution in [3.05, 3.63) is 47.9 Å². The number of anilines is 2. The minimum Gasteiger partial charge on any atom is -0.497 e. The summed E-state index contributed by atoms with van der Waals surface area (Å²) in [6.07, 6.45) is 1.28. The van der Waals surface area contributed by atoms with Gasteiger partial charge in [0.15, 0.2) is 11.6 Å². The largest absolute Gasteiger partial charge is 0.497 e. The van der Waals surface area contributed by atoms with Crippen LogP contribution in [0.1, 0.15) is 10.4 Å². The van der Waals surface area contributed by atoms with E-state index in [9.17, 15) is 9.18 Å². The van der Waals surface area contributed by atoms with E-state index in [1.54, 1.807) is 31.4 Å². The van der Waals surface area contributed by atoms with E-state index >= 15 is 0 Å². The lowest BCUT2D eigenvalue weighted by atomic mass is 10.2. The number of nitrogen functional groups attached to an aromatic ring is 1. The number of halogens is 1. The Morgan fingerprint density at radius 1 is 1.32 bits per heavy atom. The highest BCUT2D eigenvalue weighted by Gasteiger charge is 2.14. The maximum absolute atomic E-state index is 13.6. The van der Waals surface area contributed by atoms with Gasteiger partial charge in [-0.15, -0.1) is 0 Å². The van der Waals surface area contributed by atoms with Gasteiger partial charge in [-0.25, -0.2) is 9.37 Å². The third kappa shape index (κ3) is 2.79. The quantitative estimate of drug-likeness (QED) is 0.886. The topological polar surface area (TPSA) is 77.2 Å². The minimum absolute atomic E-state index is 0.150. The number of carbonyl (C=O) groups excluding carboxylic acids is 1. The molecule has 0 spiro atoms. The first-order valence-electron chi connectivity index (χ1n) is 5.47. The smallest absolute Gasteiger partial charge is 0.258 e. The summed E-state index contributed by atoms with van der Waals surface area (Å²) in [6, 6.07) is 7.95. The molecule has 1 aromatic heterocycles. The van der Waals surface area contributed by atoms with Crippen molar-refractivity contribution < 1.29 is 13.9 Å². The van der Waals surface area contributed by atoms with E-state index in [2.05, 4.69) is 10.3 Å². The molecular weight excluding hydrogens is 249 g/mol. The fraction of sp³-hybridized carbons (Fsp3) is 0.0769. The van der Waals surface area contributed by atoms with E-state index in [-0.39, 0.29) is 11.4 Å². The van der Waals surface area contributed by atoms with Crippen LogP contribution in [0.3, 0.4) is 0 Å². The van der Waals surface area contributed by atoms with E-state index in [0.717, 1.165) is 0 Å². The molecule has 0 aliphatic heterocycles. The van der Waals surface area contributed by atoms with Gasteiger partial charge in [0.2, 0.25) is 0 Å². The Labute approximate surface area is 109 Å². The SMILES string of the molecule is COc1ccc(NC(=O)c2ccnc(N)c2F)cc1. The summed E-state index contributed by atoms with van der Waals surface area (Å²) in [7, 11) is 1.54. The number of nitrogens with zero attached hydrogens (tertiary/aromatic N) is 1. The Morgan fingerprint density at radius 2 is 2.00 bits per heavy atom. The lowest BCUT2D eigenvalue weighted by Crippen LogP contribution is -2.15. The van der Waals surface area contributed by atoms with Crippen molar-refractivity contribution in [2.24, 2.45) is 0 Å². The maximum atomic E-state index is 13.6. The highest BCUT2D eigenvalue weighted by atomic mass is 19.1. The van der Waals surface area contributed by atoms with Gasteiger partial charge in [-0.05, 0) is 30.3 Å². The molecule has 3 N–H and O–H groups in total. The molecule has 19 heavy (non-hydrogen) atoms. The summed E-state index contributed by atoms with van der Waals surface area (Å²) in [4.78, 5) is 15.4. The number of nitrogens with one attached hydrogen (secondary N) is 1. The Morgan fingerprint density at radius 3 is 2.63 bits per heavy atom. The van der Waals surface area contributed by atoms with Crippen LogP contribution < -0.4 is 15.8 Å². The second-order valence-electron chi connectivity index (χ2n) is 3.74. The molecule has 2 rings (SSSR count). The van der Waals surface area contributed by atoms with Crippen molar-refractivity contribution in [3.8, 4) is 5.75 Å². The number of hydrogen-bond donors (Lipinski definition) is 2. The number of benzene rings is 1. The number of hydrogen-bond acceptors (Lipinski definition) is 4. The summed E-state index contributed by atoms with van der Waals surface area (Å²) in [5.41, 5.74) is 5.69. The van der Waals surface area contributed by atoms with Crippen LogP contribution in [0.15, 0.2) is 36.5 Å². The highest BCUT2D eigenvalue weighted by molar-refractivity contribution is 6.04. The third-order valence-electron chi connectivity index (χ3n) is 2.51. The molecule has 0 aliphatic rings. The molecule has 0 bridgehead atoms. The molecule has 6 heteroatoms. The lowest BCUT2D eigenvalue weighted by Gasteiger charge is -2.07. The first-order valence-corrected chi connectivity index (χ1v) is 5.47. The molecule has 1 aromatic carbocycles. The van der Waals surface area contributed by atoms with E-state index in [4.69, 9.17) is 10.5 Å². The van der Waals surface area contributed by atoms with Gasteiger partial charge in [-0.2, -0.15) is 0 Å². The van der Waals surface area contributed by atoms with Gasteiger partial charge in [0.05, 0.1) is 12.7 Å². The van der Waals surface area contributed by atoms with Gasteiger partial charge in [0, 0.05) is 11.9 Å². The Balaban J connectivity index is 2.18. The molecule has 0 unspecified atom stereocenters. The predicted octanol–water partition coefficient (Wildman–Crippen LogP) is 2.06. The fourth-order valence-corrected chi connectivity index (χ4v) is 1.51. The number of rotatable bonds is 3. The van der Waals surface area contributed by atoms with E-state index in [1.165, 1.54) is 12.3 Å². The van der Waals surface area contributed by atoms with Gasteiger partial charge in [0.25, 0.3) is 5.91 Å². The number of ether oxygens (including phenoxy) is 1. The van der Waals surface area contributed by atoms with Gasteiger partial charge < -0.3 is 15.8 Å². The molecule has 0 saturated carbocycles. The zero-order valence-electron chi connectivity index (χ0n) is 10.2. The average Bonchev–Trinajstić information content (AvgIpc) is 2.42. The fourth-order valence-electron chi connectivity index (χ4n) is 1.51. The first-order chi connectivity index (χ1) is 9.11. The van der Waals surface area contributed by atoms with Crippen LogP contribution in [0.5, 0.6) is 5.75 Å². The molecule has 98 valence electrons. The molecule has 0 fully saturated rings. The lowest BCUT2D eigenvalue weighted by molar-refractivity contribution is 0.102. The maximum Gasteiger partial charge on any atom is 0.258 e. The molecule has 0 atom stereocenters. The summed E-state index contributed by atoms with van der Waals surface area (Å²) in [6.45, 7) is 0. The van der Waals surface area contributed by atoms with Crippen LogP contribution in [0.4, 0.5) is 15.9 Å². The Bertz CT molecular complexity index is 599. The van der Waals surface area contributed by atoms with Crippen LogP contribution in [0.25, 0.3) is 0 Å². The number of carbonyl (C=O) groups is 1.